The average molecular weight is 383 g/mol. The van der Waals surface area contributed by atoms with Gasteiger partial charge in [0.1, 0.15) is 23.7 Å². The number of anilines is 2. The standard InChI is InChI=1S/C21H29N5O2/c1-27-19-4-2-18(3-5-19)6-7-24-8-10-25(11-9-24)20-16-21(23-17-22-20)26-12-14-28-15-13-26/h2-5,16-17H,6-15H2,1H3. The summed E-state index contributed by atoms with van der Waals surface area (Å²) in [6.07, 6.45) is 2.76. The van der Waals surface area contributed by atoms with E-state index >= 15 is 0 Å². The molecule has 7 heteroatoms. The van der Waals surface area contributed by atoms with E-state index in [2.05, 4.69) is 42.9 Å². The van der Waals surface area contributed by atoms with Crippen LogP contribution < -0.4 is 14.5 Å². The minimum atomic E-state index is 0.770. The van der Waals surface area contributed by atoms with Gasteiger partial charge in [-0.15, -0.1) is 0 Å². The molecule has 2 aromatic rings. The van der Waals surface area contributed by atoms with Crippen LogP contribution in [0.3, 0.4) is 0 Å². The minimum Gasteiger partial charge on any atom is -0.497 e. The maximum absolute atomic E-state index is 5.44. The fraction of sp³-hybridized carbons (Fsp3) is 0.524. The zero-order valence-corrected chi connectivity index (χ0v) is 16.6. The van der Waals surface area contributed by atoms with Gasteiger partial charge < -0.3 is 19.3 Å². The van der Waals surface area contributed by atoms with Gasteiger partial charge in [-0.25, -0.2) is 9.97 Å². The van der Waals surface area contributed by atoms with Crippen molar-refractivity contribution >= 4 is 11.6 Å². The lowest BCUT2D eigenvalue weighted by Gasteiger charge is -2.36. The highest BCUT2D eigenvalue weighted by Crippen LogP contribution is 2.20. The molecule has 0 unspecified atom stereocenters. The summed E-state index contributed by atoms with van der Waals surface area (Å²) in [5.41, 5.74) is 1.36. The van der Waals surface area contributed by atoms with Crippen molar-refractivity contribution in [3.05, 3.63) is 42.2 Å². The fourth-order valence-corrected chi connectivity index (χ4v) is 3.76. The Bertz CT molecular complexity index is 741. The number of rotatable bonds is 6. The molecule has 0 bridgehead atoms. The van der Waals surface area contributed by atoms with Crippen LogP contribution in [0, 0.1) is 0 Å². The summed E-state index contributed by atoms with van der Waals surface area (Å²) in [6, 6.07) is 10.5. The Morgan fingerprint density at radius 2 is 1.54 bits per heavy atom. The molecule has 0 amide bonds. The number of morpholine rings is 1. The lowest BCUT2D eigenvalue weighted by atomic mass is 10.1. The molecule has 0 aliphatic carbocycles. The molecule has 2 aliphatic rings. The summed E-state index contributed by atoms with van der Waals surface area (Å²) in [6.45, 7) is 8.55. The number of ether oxygens (including phenoxy) is 2. The van der Waals surface area contributed by atoms with Crippen LogP contribution in [0.5, 0.6) is 5.75 Å². The molecule has 7 nitrogen and oxygen atoms in total. The van der Waals surface area contributed by atoms with E-state index in [9.17, 15) is 0 Å². The number of aromatic nitrogens is 2. The first-order valence-corrected chi connectivity index (χ1v) is 10.1. The van der Waals surface area contributed by atoms with Gasteiger partial charge in [0, 0.05) is 51.9 Å². The smallest absolute Gasteiger partial charge is 0.134 e. The highest BCUT2D eigenvalue weighted by Gasteiger charge is 2.20. The van der Waals surface area contributed by atoms with Gasteiger partial charge in [0.05, 0.1) is 20.3 Å². The van der Waals surface area contributed by atoms with E-state index in [4.69, 9.17) is 9.47 Å². The van der Waals surface area contributed by atoms with Crippen LogP contribution in [0.25, 0.3) is 0 Å². The Labute approximate surface area is 166 Å². The molecule has 2 aliphatic heterocycles. The molecule has 2 fully saturated rings. The third kappa shape index (κ3) is 4.72. The van der Waals surface area contributed by atoms with E-state index in [-0.39, 0.29) is 0 Å². The Kier molecular flexibility index (Phi) is 6.24. The largest absolute Gasteiger partial charge is 0.497 e. The van der Waals surface area contributed by atoms with Crippen molar-refractivity contribution in [1.29, 1.82) is 0 Å². The van der Waals surface area contributed by atoms with Crippen LogP contribution >= 0.6 is 0 Å². The van der Waals surface area contributed by atoms with Crippen LogP contribution in [0.15, 0.2) is 36.7 Å². The fourth-order valence-electron chi connectivity index (χ4n) is 3.76. The van der Waals surface area contributed by atoms with E-state index in [1.165, 1.54) is 5.56 Å². The first-order chi connectivity index (χ1) is 13.8. The quantitative estimate of drug-likeness (QED) is 0.752. The first kappa shape index (κ1) is 19.0. The lowest BCUT2D eigenvalue weighted by molar-refractivity contribution is 0.122. The zero-order chi connectivity index (χ0) is 19.2. The molecule has 4 rings (SSSR count). The molecule has 3 heterocycles. The molecule has 1 aromatic carbocycles. The van der Waals surface area contributed by atoms with Crippen LogP contribution in [-0.2, 0) is 11.2 Å². The second kappa shape index (κ2) is 9.21. The van der Waals surface area contributed by atoms with Gasteiger partial charge in [0.15, 0.2) is 0 Å². The molecule has 0 spiro atoms. The number of hydrogen-bond donors (Lipinski definition) is 0. The molecule has 0 radical (unpaired) electrons. The molecule has 28 heavy (non-hydrogen) atoms. The topological polar surface area (TPSA) is 54.0 Å². The van der Waals surface area contributed by atoms with E-state index in [1.54, 1.807) is 13.4 Å². The lowest BCUT2D eigenvalue weighted by Crippen LogP contribution is -2.47. The van der Waals surface area contributed by atoms with Crippen molar-refractivity contribution in [2.45, 2.75) is 6.42 Å². The predicted octanol–water partition coefficient (Wildman–Crippen LogP) is 1.69. The van der Waals surface area contributed by atoms with Gasteiger partial charge in [-0.2, -0.15) is 0 Å². The molecule has 0 saturated carbocycles. The number of hydrogen-bond acceptors (Lipinski definition) is 7. The molecular formula is C21H29N5O2. The summed E-state index contributed by atoms with van der Waals surface area (Å²) < 4.78 is 10.7. The maximum atomic E-state index is 5.44. The van der Waals surface area contributed by atoms with Crippen molar-refractivity contribution < 1.29 is 9.47 Å². The number of piperazine rings is 1. The highest BCUT2D eigenvalue weighted by molar-refractivity contribution is 5.50. The summed E-state index contributed by atoms with van der Waals surface area (Å²) in [4.78, 5) is 16.2. The van der Waals surface area contributed by atoms with Crippen LogP contribution in [0.1, 0.15) is 5.56 Å². The van der Waals surface area contributed by atoms with Crippen LogP contribution in [0.2, 0.25) is 0 Å². The van der Waals surface area contributed by atoms with E-state index in [0.717, 1.165) is 82.8 Å². The molecule has 0 N–H and O–H groups in total. The van der Waals surface area contributed by atoms with Gasteiger partial charge in [-0.1, -0.05) is 12.1 Å². The van der Waals surface area contributed by atoms with Gasteiger partial charge in [0.25, 0.3) is 0 Å². The van der Waals surface area contributed by atoms with Crippen molar-refractivity contribution in [3.8, 4) is 5.75 Å². The normalized spacial score (nSPS) is 18.3. The third-order valence-corrected chi connectivity index (χ3v) is 5.55. The van der Waals surface area contributed by atoms with Crippen molar-refractivity contribution in [1.82, 2.24) is 14.9 Å². The van der Waals surface area contributed by atoms with E-state index in [1.807, 2.05) is 12.1 Å². The minimum absolute atomic E-state index is 0.770. The summed E-state index contributed by atoms with van der Waals surface area (Å²) in [5.74, 6) is 2.96. The van der Waals surface area contributed by atoms with Crippen molar-refractivity contribution in [3.63, 3.8) is 0 Å². The molecule has 150 valence electrons. The summed E-state index contributed by atoms with van der Waals surface area (Å²) >= 11 is 0. The van der Waals surface area contributed by atoms with Gasteiger partial charge in [-0.3, -0.25) is 4.90 Å². The average Bonchev–Trinajstić information content (AvgIpc) is 2.79. The Hall–Kier alpha value is -2.38. The highest BCUT2D eigenvalue weighted by atomic mass is 16.5. The molecule has 0 atom stereocenters. The monoisotopic (exact) mass is 383 g/mol. The molecular weight excluding hydrogens is 354 g/mol. The van der Waals surface area contributed by atoms with Crippen molar-refractivity contribution in [2.24, 2.45) is 0 Å². The Morgan fingerprint density at radius 1 is 0.893 bits per heavy atom. The van der Waals surface area contributed by atoms with Crippen LogP contribution in [0.4, 0.5) is 11.6 Å². The summed E-state index contributed by atoms with van der Waals surface area (Å²) in [7, 11) is 1.70. The second-order valence-electron chi connectivity index (χ2n) is 7.26. The summed E-state index contributed by atoms with van der Waals surface area (Å²) in [5, 5.41) is 0. The molecule has 2 saturated heterocycles. The van der Waals surface area contributed by atoms with Gasteiger partial charge >= 0.3 is 0 Å². The zero-order valence-electron chi connectivity index (χ0n) is 16.6. The van der Waals surface area contributed by atoms with Gasteiger partial charge in [-0.05, 0) is 24.1 Å². The van der Waals surface area contributed by atoms with Crippen molar-refractivity contribution in [2.75, 3.05) is 75.9 Å². The Balaban J connectivity index is 1.27. The molecule has 1 aromatic heterocycles. The maximum Gasteiger partial charge on any atom is 0.134 e. The predicted molar refractivity (Wildman–Crippen MR) is 110 cm³/mol. The van der Waals surface area contributed by atoms with Crippen LogP contribution in [-0.4, -0.2) is 81.0 Å². The second-order valence-corrected chi connectivity index (χ2v) is 7.26. The Morgan fingerprint density at radius 3 is 2.18 bits per heavy atom. The number of nitrogens with zero attached hydrogens (tertiary/aromatic N) is 5. The third-order valence-electron chi connectivity index (χ3n) is 5.55. The number of methoxy groups -OCH3 is 1. The van der Waals surface area contributed by atoms with Gasteiger partial charge in [0.2, 0.25) is 0 Å². The SMILES string of the molecule is COc1ccc(CCN2CCN(c3cc(N4CCOCC4)ncn3)CC2)cc1. The number of benzene rings is 1. The first-order valence-electron chi connectivity index (χ1n) is 10.1. The van der Waals surface area contributed by atoms with E-state index < -0.39 is 0 Å². The van der Waals surface area contributed by atoms with E-state index in [0.29, 0.717) is 0 Å².